The van der Waals surface area contributed by atoms with Gasteiger partial charge in [-0.1, -0.05) is 11.6 Å². The molecule has 3 rings (SSSR count). The lowest BCUT2D eigenvalue weighted by Crippen LogP contribution is -2.46. The standard InChI is InChI=1S/C21H25ClN4O4/c1-11-17(20(23)29)12(2)25(3)18(11)19(28)21(30)26(13-4-6-15(27)7-5-13)14-8-9-24-16(22)10-14/h8-10,13,15,27H,4-7H2,1-3H3,(H2,23,29). The van der Waals surface area contributed by atoms with Crippen LogP contribution in [0, 0.1) is 13.8 Å². The van der Waals surface area contributed by atoms with Crippen LogP contribution in [0.1, 0.15) is 57.8 Å². The van der Waals surface area contributed by atoms with E-state index in [9.17, 15) is 19.5 Å². The molecule has 0 aromatic carbocycles. The van der Waals surface area contributed by atoms with Crippen molar-refractivity contribution in [3.63, 3.8) is 0 Å². The van der Waals surface area contributed by atoms with E-state index in [0.717, 1.165) is 0 Å². The molecule has 0 spiro atoms. The summed E-state index contributed by atoms with van der Waals surface area (Å²) in [6.07, 6.45) is 3.25. The number of amides is 2. The van der Waals surface area contributed by atoms with E-state index >= 15 is 0 Å². The van der Waals surface area contributed by atoms with E-state index in [2.05, 4.69) is 4.98 Å². The lowest BCUT2D eigenvalue weighted by molar-refractivity contribution is -0.115. The molecule has 0 unspecified atom stereocenters. The predicted octanol–water partition coefficient (Wildman–Crippen LogP) is 2.31. The van der Waals surface area contributed by atoms with Crippen molar-refractivity contribution in [2.75, 3.05) is 4.90 Å². The van der Waals surface area contributed by atoms with Crippen LogP contribution < -0.4 is 10.6 Å². The summed E-state index contributed by atoms with van der Waals surface area (Å²) in [6, 6.07) is 2.90. The summed E-state index contributed by atoms with van der Waals surface area (Å²) in [5.74, 6) is -2.10. The SMILES string of the molecule is Cc1c(C(N)=O)c(C)n(C)c1C(=O)C(=O)N(c1ccnc(Cl)c1)C1CCC(O)CC1. The van der Waals surface area contributed by atoms with E-state index in [1.807, 2.05) is 0 Å². The van der Waals surface area contributed by atoms with Crippen LogP contribution in [0.15, 0.2) is 18.3 Å². The molecule has 0 radical (unpaired) electrons. The van der Waals surface area contributed by atoms with Crippen molar-refractivity contribution in [3.05, 3.63) is 46.0 Å². The molecule has 2 amide bonds. The number of halogens is 1. The number of carbonyl (C=O) groups is 3. The topological polar surface area (TPSA) is 119 Å². The fraction of sp³-hybridized carbons (Fsp3) is 0.429. The monoisotopic (exact) mass is 432 g/mol. The second-order valence-electron chi connectivity index (χ2n) is 7.66. The Balaban J connectivity index is 2.04. The molecule has 2 aromatic rings. The number of hydrogen-bond acceptors (Lipinski definition) is 5. The lowest BCUT2D eigenvalue weighted by atomic mass is 9.91. The molecule has 0 saturated heterocycles. The van der Waals surface area contributed by atoms with Crippen LogP contribution in [0.25, 0.3) is 0 Å². The maximum Gasteiger partial charge on any atom is 0.301 e. The minimum Gasteiger partial charge on any atom is -0.393 e. The van der Waals surface area contributed by atoms with E-state index in [-0.39, 0.29) is 22.5 Å². The van der Waals surface area contributed by atoms with Gasteiger partial charge in [0, 0.05) is 30.7 Å². The second-order valence-corrected chi connectivity index (χ2v) is 8.05. The van der Waals surface area contributed by atoms with E-state index in [1.165, 1.54) is 21.7 Å². The summed E-state index contributed by atoms with van der Waals surface area (Å²) in [7, 11) is 1.62. The molecule has 1 saturated carbocycles. The van der Waals surface area contributed by atoms with Crippen LogP contribution in [0.2, 0.25) is 5.15 Å². The maximum atomic E-state index is 13.5. The Morgan fingerprint density at radius 3 is 2.40 bits per heavy atom. The minimum absolute atomic E-state index is 0.132. The van der Waals surface area contributed by atoms with Gasteiger partial charge in [-0.2, -0.15) is 0 Å². The van der Waals surface area contributed by atoms with Crippen LogP contribution in [-0.2, 0) is 11.8 Å². The third-order valence-electron chi connectivity index (χ3n) is 5.82. The molecule has 2 heterocycles. The first kappa shape index (κ1) is 22.0. The number of carbonyl (C=O) groups excluding carboxylic acids is 3. The molecule has 8 nitrogen and oxygen atoms in total. The van der Waals surface area contributed by atoms with Crippen molar-refractivity contribution in [1.82, 2.24) is 9.55 Å². The van der Waals surface area contributed by atoms with Gasteiger partial charge >= 0.3 is 5.91 Å². The number of pyridine rings is 1. The zero-order valence-corrected chi connectivity index (χ0v) is 17.9. The third kappa shape index (κ3) is 3.97. The highest BCUT2D eigenvalue weighted by Gasteiger charge is 2.36. The first-order valence-electron chi connectivity index (χ1n) is 9.76. The molecule has 1 aliphatic carbocycles. The molecule has 9 heteroatoms. The number of nitrogens with zero attached hydrogens (tertiary/aromatic N) is 3. The number of rotatable bonds is 5. The molecular formula is C21H25ClN4O4. The van der Waals surface area contributed by atoms with Gasteiger partial charge in [-0.05, 0) is 57.2 Å². The van der Waals surface area contributed by atoms with Gasteiger partial charge in [0.2, 0.25) is 0 Å². The Bertz CT molecular complexity index is 1010. The summed E-state index contributed by atoms with van der Waals surface area (Å²) in [5.41, 5.74) is 7.21. The number of aromatic nitrogens is 2. The molecule has 30 heavy (non-hydrogen) atoms. The van der Waals surface area contributed by atoms with E-state index in [1.54, 1.807) is 27.0 Å². The predicted molar refractivity (Wildman–Crippen MR) is 113 cm³/mol. The van der Waals surface area contributed by atoms with Gasteiger partial charge < -0.3 is 20.3 Å². The van der Waals surface area contributed by atoms with Crippen molar-refractivity contribution in [2.45, 2.75) is 51.7 Å². The lowest BCUT2D eigenvalue weighted by Gasteiger charge is -2.35. The molecule has 1 fully saturated rings. The van der Waals surface area contributed by atoms with Gasteiger partial charge in [-0.3, -0.25) is 14.4 Å². The van der Waals surface area contributed by atoms with Crippen molar-refractivity contribution in [3.8, 4) is 0 Å². The minimum atomic E-state index is -0.732. The highest BCUT2D eigenvalue weighted by molar-refractivity contribution is 6.47. The highest BCUT2D eigenvalue weighted by Crippen LogP contribution is 2.30. The van der Waals surface area contributed by atoms with Gasteiger partial charge in [-0.15, -0.1) is 0 Å². The highest BCUT2D eigenvalue weighted by atomic mass is 35.5. The molecule has 2 aromatic heterocycles. The summed E-state index contributed by atoms with van der Waals surface area (Å²) in [5, 5.41) is 10.1. The Morgan fingerprint density at radius 2 is 1.87 bits per heavy atom. The Hall–Kier alpha value is -2.71. The van der Waals surface area contributed by atoms with Crippen LogP contribution in [0.4, 0.5) is 5.69 Å². The number of aliphatic hydroxyl groups is 1. The van der Waals surface area contributed by atoms with Gasteiger partial charge in [0.25, 0.3) is 11.7 Å². The molecular weight excluding hydrogens is 408 g/mol. The number of aliphatic hydroxyl groups excluding tert-OH is 1. The van der Waals surface area contributed by atoms with Gasteiger partial charge in [0.05, 0.1) is 17.4 Å². The number of ketones is 1. The molecule has 3 N–H and O–H groups in total. The Morgan fingerprint density at radius 1 is 1.23 bits per heavy atom. The van der Waals surface area contributed by atoms with E-state index in [4.69, 9.17) is 17.3 Å². The van der Waals surface area contributed by atoms with Gasteiger partial charge in [-0.25, -0.2) is 4.98 Å². The fourth-order valence-corrected chi connectivity index (χ4v) is 4.39. The first-order valence-corrected chi connectivity index (χ1v) is 10.1. The summed E-state index contributed by atoms with van der Waals surface area (Å²) in [4.78, 5) is 44.0. The largest absolute Gasteiger partial charge is 0.393 e. The van der Waals surface area contributed by atoms with Crippen LogP contribution in [0.5, 0.6) is 0 Å². The van der Waals surface area contributed by atoms with Crippen LogP contribution in [-0.4, -0.2) is 44.4 Å². The number of nitrogens with two attached hydrogens (primary N) is 1. The van der Waals surface area contributed by atoms with E-state index in [0.29, 0.717) is 42.6 Å². The molecule has 0 aliphatic heterocycles. The average Bonchev–Trinajstić information content (AvgIpc) is 2.91. The number of hydrogen-bond donors (Lipinski definition) is 2. The average molecular weight is 433 g/mol. The van der Waals surface area contributed by atoms with Crippen LogP contribution in [0.3, 0.4) is 0 Å². The molecule has 0 bridgehead atoms. The van der Waals surface area contributed by atoms with Crippen molar-refractivity contribution < 1.29 is 19.5 Å². The number of primary amides is 1. The summed E-state index contributed by atoms with van der Waals surface area (Å²) in [6.45, 7) is 3.29. The zero-order chi connectivity index (χ0) is 22.2. The molecule has 0 atom stereocenters. The first-order chi connectivity index (χ1) is 14.1. The number of anilines is 1. The Kier molecular flexibility index (Phi) is 6.28. The van der Waals surface area contributed by atoms with Crippen LogP contribution >= 0.6 is 11.6 Å². The molecule has 1 aliphatic rings. The van der Waals surface area contributed by atoms with Crippen molar-refractivity contribution >= 4 is 34.9 Å². The maximum absolute atomic E-state index is 13.5. The van der Waals surface area contributed by atoms with Crippen molar-refractivity contribution in [1.29, 1.82) is 0 Å². The number of Topliss-reactive ketones (excluding diaryl/α,β-unsaturated/α-hetero) is 1. The van der Waals surface area contributed by atoms with Gasteiger partial charge in [0.15, 0.2) is 0 Å². The van der Waals surface area contributed by atoms with Gasteiger partial charge in [0.1, 0.15) is 5.15 Å². The third-order valence-corrected chi connectivity index (χ3v) is 6.03. The zero-order valence-electron chi connectivity index (χ0n) is 17.2. The summed E-state index contributed by atoms with van der Waals surface area (Å²) >= 11 is 6.03. The second kappa shape index (κ2) is 8.57. The van der Waals surface area contributed by atoms with E-state index < -0.39 is 23.7 Å². The smallest absolute Gasteiger partial charge is 0.301 e. The quantitative estimate of drug-likeness (QED) is 0.427. The normalized spacial score (nSPS) is 18.8. The van der Waals surface area contributed by atoms with Crippen molar-refractivity contribution in [2.24, 2.45) is 12.8 Å². The molecule has 160 valence electrons. The Labute approximate surface area is 179 Å². The fourth-order valence-electron chi connectivity index (χ4n) is 4.23. The summed E-state index contributed by atoms with van der Waals surface area (Å²) < 4.78 is 1.53.